The van der Waals surface area contributed by atoms with Crippen LogP contribution < -0.4 is 0 Å². The van der Waals surface area contributed by atoms with E-state index in [1.807, 2.05) is 6.92 Å². The van der Waals surface area contributed by atoms with Gasteiger partial charge in [0.05, 0.1) is 10.9 Å². The fourth-order valence-electron chi connectivity index (χ4n) is 2.80. The van der Waals surface area contributed by atoms with Gasteiger partial charge in [0.1, 0.15) is 0 Å². The molecular formula is C13H15NO3S. The number of carbonyl (C=O) groups is 1. The molecule has 1 saturated heterocycles. The van der Waals surface area contributed by atoms with E-state index in [4.69, 9.17) is 0 Å². The maximum Gasteiger partial charge on any atom is 0.243 e. The minimum Gasteiger partial charge on any atom is -0.298 e. The van der Waals surface area contributed by atoms with Crippen LogP contribution in [0, 0.1) is 12.8 Å². The zero-order valence-electron chi connectivity index (χ0n) is 10.2. The van der Waals surface area contributed by atoms with Crippen LogP contribution in [0.2, 0.25) is 0 Å². The Morgan fingerprint density at radius 1 is 1.22 bits per heavy atom. The smallest absolute Gasteiger partial charge is 0.243 e. The zero-order valence-corrected chi connectivity index (χ0v) is 11.0. The average Bonchev–Trinajstić information content (AvgIpc) is 2.67. The molecule has 4 nitrogen and oxygen atoms in total. The Morgan fingerprint density at radius 3 is 2.50 bits per heavy atom. The van der Waals surface area contributed by atoms with E-state index in [1.165, 1.54) is 4.31 Å². The van der Waals surface area contributed by atoms with E-state index in [0.717, 1.165) is 12.0 Å². The molecule has 0 N–H and O–H groups in total. The fourth-order valence-corrected chi connectivity index (χ4v) is 4.48. The third-order valence-corrected chi connectivity index (χ3v) is 5.79. The molecule has 0 radical (unpaired) electrons. The Morgan fingerprint density at radius 2 is 1.89 bits per heavy atom. The maximum atomic E-state index is 12.5. The third kappa shape index (κ3) is 1.61. The Kier molecular flexibility index (Phi) is 2.57. The number of sulfonamides is 1. The van der Waals surface area contributed by atoms with Crippen molar-refractivity contribution in [3.05, 3.63) is 29.8 Å². The molecule has 2 aliphatic rings. The predicted octanol–water partition coefficient (Wildman–Crippen LogP) is 1.35. The number of Topliss-reactive ketones (excluding diaryl/α,β-unsaturated/α-hetero) is 1. The van der Waals surface area contributed by atoms with Gasteiger partial charge in [0.15, 0.2) is 5.78 Å². The predicted molar refractivity (Wildman–Crippen MR) is 66.6 cm³/mol. The van der Waals surface area contributed by atoms with Gasteiger partial charge in [-0.2, -0.15) is 4.31 Å². The Bertz CT molecular complexity index is 591. The molecule has 18 heavy (non-hydrogen) atoms. The number of aryl methyl sites for hydroxylation is 1. The fraction of sp³-hybridized carbons (Fsp3) is 0.462. The first-order valence-corrected chi connectivity index (χ1v) is 7.55. The molecule has 1 aromatic carbocycles. The first-order valence-electron chi connectivity index (χ1n) is 6.11. The molecule has 2 fully saturated rings. The van der Waals surface area contributed by atoms with Gasteiger partial charge in [0, 0.05) is 13.0 Å². The molecule has 0 spiro atoms. The van der Waals surface area contributed by atoms with Crippen molar-refractivity contribution < 1.29 is 13.2 Å². The molecule has 1 aliphatic carbocycles. The molecule has 96 valence electrons. The van der Waals surface area contributed by atoms with E-state index in [1.54, 1.807) is 24.3 Å². The normalized spacial score (nSPS) is 27.9. The van der Waals surface area contributed by atoms with Crippen molar-refractivity contribution in [2.45, 2.75) is 30.7 Å². The average molecular weight is 265 g/mol. The largest absolute Gasteiger partial charge is 0.298 e. The van der Waals surface area contributed by atoms with Crippen molar-refractivity contribution in [3.63, 3.8) is 0 Å². The van der Waals surface area contributed by atoms with Gasteiger partial charge in [-0.25, -0.2) is 8.42 Å². The lowest BCUT2D eigenvalue weighted by Crippen LogP contribution is -2.50. The number of hydrogen-bond donors (Lipinski definition) is 0. The van der Waals surface area contributed by atoms with E-state index >= 15 is 0 Å². The van der Waals surface area contributed by atoms with E-state index < -0.39 is 16.1 Å². The second-order valence-electron chi connectivity index (χ2n) is 5.09. The van der Waals surface area contributed by atoms with Crippen LogP contribution in [0.4, 0.5) is 0 Å². The van der Waals surface area contributed by atoms with E-state index in [2.05, 4.69) is 0 Å². The van der Waals surface area contributed by atoms with Gasteiger partial charge >= 0.3 is 0 Å². The summed E-state index contributed by atoms with van der Waals surface area (Å²) >= 11 is 0. The minimum atomic E-state index is -3.51. The zero-order chi connectivity index (χ0) is 12.9. The highest BCUT2D eigenvalue weighted by atomic mass is 32.2. The molecule has 1 aromatic rings. The molecular weight excluding hydrogens is 250 g/mol. The first-order chi connectivity index (χ1) is 8.50. The van der Waals surface area contributed by atoms with Crippen molar-refractivity contribution in [3.8, 4) is 0 Å². The molecule has 5 heteroatoms. The van der Waals surface area contributed by atoms with Crippen molar-refractivity contribution in [1.29, 1.82) is 0 Å². The van der Waals surface area contributed by atoms with Gasteiger partial charge in [-0.15, -0.1) is 0 Å². The van der Waals surface area contributed by atoms with E-state index in [-0.39, 0.29) is 16.6 Å². The van der Waals surface area contributed by atoms with Gasteiger partial charge in [0.25, 0.3) is 0 Å². The van der Waals surface area contributed by atoms with Crippen LogP contribution in [0.5, 0.6) is 0 Å². The second kappa shape index (κ2) is 3.90. The van der Waals surface area contributed by atoms with E-state index in [9.17, 15) is 13.2 Å². The lowest BCUT2D eigenvalue weighted by Gasteiger charge is -2.33. The Balaban J connectivity index is 1.95. The monoisotopic (exact) mass is 265 g/mol. The quantitative estimate of drug-likeness (QED) is 0.811. The number of fused-ring (bicyclic) bond motifs is 1. The summed E-state index contributed by atoms with van der Waals surface area (Å²) in [6.45, 7) is 2.38. The summed E-state index contributed by atoms with van der Waals surface area (Å²) in [7, 11) is -3.51. The van der Waals surface area contributed by atoms with Crippen LogP contribution in [-0.4, -0.2) is 31.1 Å². The maximum absolute atomic E-state index is 12.5. The molecule has 0 aromatic heterocycles. The van der Waals surface area contributed by atoms with Crippen molar-refractivity contribution >= 4 is 15.8 Å². The van der Waals surface area contributed by atoms with E-state index in [0.29, 0.717) is 13.0 Å². The molecule has 0 amide bonds. The van der Waals surface area contributed by atoms with Crippen molar-refractivity contribution in [1.82, 2.24) is 4.31 Å². The van der Waals surface area contributed by atoms with Crippen LogP contribution in [0.1, 0.15) is 18.4 Å². The molecule has 1 heterocycles. The lowest BCUT2D eigenvalue weighted by atomic mass is 9.79. The summed E-state index contributed by atoms with van der Waals surface area (Å²) in [4.78, 5) is 11.8. The Hall–Kier alpha value is -1.20. The minimum absolute atomic E-state index is 0.0631. The number of ketones is 1. The van der Waals surface area contributed by atoms with Gasteiger partial charge in [0.2, 0.25) is 10.0 Å². The number of rotatable bonds is 2. The number of benzene rings is 1. The summed E-state index contributed by atoms with van der Waals surface area (Å²) in [5, 5.41) is 0. The summed E-state index contributed by atoms with van der Waals surface area (Å²) < 4.78 is 26.3. The summed E-state index contributed by atoms with van der Waals surface area (Å²) in [6.07, 6.45) is 1.35. The Labute approximate surface area is 107 Å². The summed E-state index contributed by atoms with van der Waals surface area (Å²) in [6, 6.07) is 6.39. The number of nitrogens with zero attached hydrogens (tertiary/aromatic N) is 1. The van der Waals surface area contributed by atoms with Crippen LogP contribution in [-0.2, 0) is 14.8 Å². The van der Waals surface area contributed by atoms with Crippen molar-refractivity contribution in [2.75, 3.05) is 6.54 Å². The van der Waals surface area contributed by atoms with Gasteiger partial charge in [-0.05, 0) is 31.4 Å². The molecule has 1 saturated carbocycles. The molecule has 3 rings (SSSR count). The highest BCUT2D eigenvalue weighted by Gasteiger charge is 2.52. The van der Waals surface area contributed by atoms with Gasteiger partial charge in [-0.3, -0.25) is 4.79 Å². The molecule has 0 unspecified atom stereocenters. The van der Waals surface area contributed by atoms with Gasteiger partial charge < -0.3 is 0 Å². The standard InChI is InChI=1S/C13H15NO3S/c1-9-2-4-11(5-3-9)18(16,17)14-7-6-10-8-12(15)13(10)14/h2-5,10,13H,6-8H2,1H3/t10-,13-/m0/s1. The lowest BCUT2D eigenvalue weighted by molar-refractivity contribution is -0.130. The van der Waals surface area contributed by atoms with Crippen LogP contribution in [0.25, 0.3) is 0 Å². The number of carbonyl (C=O) groups excluding carboxylic acids is 1. The third-order valence-electron chi connectivity index (χ3n) is 3.90. The first kappa shape index (κ1) is 11.9. The van der Waals surface area contributed by atoms with Crippen LogP contribution in [0.3, 0.4) is 0 Å². The van der Waals surface area contributed by atoms with Crippen molar-refractivity contribution in [2.24, 2.45) is 5.92 Å². The molecule has 0 bridgehead atoms. The highest BCUT2D eigenvalue weighted by Crippen LogP contribution is 2.40. The number of hydrogen-bond acceptors (Lipinski definition) is 3. The van der Waals surface area contributed by atoms with Gasteiger partial charge in [-0.1, -0.05) is 17.7 Å². The molecule has 1 aliphatic heterocycles. The molecule has 2 atom stereocenters. The van der Waals surface area contributed by atoms with Crippen LogP contribution in [0.15, 0.2) is 29.2 Å². The summed E-state index contributed by atoms with van der Waals surface area (Å²) in [5.74, 6) is 0.311. The SMILES string of the molecule is Cc1ccc(S(=O)(=O)N2CC[C@H]3CC(=O)[C@H]32)cc1. The summed E-state index contributed by atoms with van der Waals surface area (Å²) in [5.41, 5.74) is 1.02. The topological polar surface area (TPSA) is 54.5 Å². The second-order valence-corrected chi connectivity index (χ2v) is 6.98. The van der Waals surface area contributed by atoms with Crippen LogP contribution >= 0.6 is 0 Å². The highest BCUT2D eigenvalue weighted by molar-refractivity contribution is 7.89.